The first-order chi connectivity index (χ1) is 11.1. The second kappa shape index (κ2) is 6.70. The van der Waals surface area contributed by atoms with E-state index in [9.17, 15) is 14.4 Å². The highest BCUT2D eigenvalue weighted by molar-refractivity contribution is 7.10. The van der Waals surface area contributed by atoms with Crippen molar-refractivity contribution < 1.29 is 19.5 Å². The fraction of sp³-hybridized carbons (Fsp3) is 0.562. The van der Waals surface area contributed by atoms with Crippen molar-refractivity contribution >= 4 is 29.1 Å². The van der Waals surface area contributed by atoms with Crippen molar-refractivity contribution in [2.24, 2.45) is 0 Å². The van der Waals surface area contributed by atoms with Crippen LogP contribution < -0.4 is 0 Å². The number of carbonyl (C=O) groups excluding carboxylic acids is 2. The Bertz CT molecular complexity index is 627. The molecule has 23 heavy (non-hydrogen) atoms. The van der Waals surface area contributed by atoms with Crippen LogP contribution in [-0.2, 0) is 27.3 Å². The highest BCUT2D eigenvalue weighted by Gasteiger charge is 2.34. The zero-order valence-electron chi connectivity index (χ0n) is 12.9. The van der Waals surface area contributed by atoms with Gasteiger partial charge in [0.15, 0.2) is 0 Å². The summed E-state index contributed by atoms with van der Waals surface area (Å²) in [5.74, 6) is -1.21. The quantitative estimate of drug-likeness (QED) is 0.903. The molecule has 3 heterocycles. The maximum Gasteiger partial charge on any atom is 0.326 e. The lowest BCUT2D eigenvalue weighted by atomic mass is 10.1. The summed E-state index contributed by atoms with van der Waals surface area (Å²) in [5.41, 5.74) is 1.20. The minimum Gasteiger partial charge on any atom is -0.480 e. The number of hydrogen-bond donors (Lipinski definition) is 1. The monoisotopic (exact) mass is 336 g/mol. The Kier molecular flexibility index (Phi) is 4.66. The Hall–Kier alpha value is -1.89. The van der Waals surface area contributed by atoms with E-state index in [1.807, 2.05) is 11.4 Å². The van der Waals surface area contributed by atoms with Gasteiger partial charge in [0.2, 0.25) is 11.8 Å². The summed E-state index contributed by atoms with van der Waals surface area (Å²) in [6, 6.07) is 1.33. The van der Waals surface area contributed by atoms with E-state index in [2.05, 4.69) is 0 Å². The van der Waals surface area contributed by atoms with Crippen LogP contribution in [0.4, 0.5) is 0 Å². The summed E-state index contributed by atoms with van der Waals surface area (Å²) in [7, 11) is 0. The molecule has 3 rings (SSSR count). The number of carboxylic acid groups (broad SMARTS) is 1. The molecule has 124 valence electrons. The van der Waals surface area contributed by atoms with Crippen LogP contribution in [0, 0.1) is 0 Å². The van der Waals surface area contributed by atoms with Crippen LogP contribution in [0.25, 0.3) is 0 Å². The van der Waals surface area contributed by atoms with Gasteiger partial charge in [0.1, 0.15) is 6.04 Å². The Labute approximate surface area is 138 Å². The molecule has 2 amide bonds. The van der Waals surface area contributed by atoms with Crippen molar-refractivity contribution in [3.8, 4) is 0 Å². The lowest BCUT2D eigenvalue weighted by Crippen LogP contribution is -2.41. The number of aliphatic carboxylic acids is 1. The molecule has 1 atom stereocenters. The Morgan fingerprint density at radius 3 is 2.78 bits per heavy atom. The average molecular weight is 336 g/mol. The molecule has 1 aromatic heterocycles. The van der Waals surface area contributed by atoms with Crippen molar-refractivity contribution in [3.05, 3.63) is 21.9 Å². The molecule has 2 aliphatic heterocycles. The minimum absolute atomic E-state index is 0.0266. The van der Waals surface area contributed by atoms with Crippen LogP contribution >= 0.6 is 11.3 Å². The van der Waals surface area contributed by atoms with E-state index in [1.165, 1.54) is 15.3 Å². The molecule has 1 saturated heterocycles. The van der Waals surface area contributed by atoms with Gasteiger partial charge in [0.25, 0.3) is 0 Å². The summed E-state index contributed by atoms with van der Waals surface area (Å²) in [5, 5.41) is 11.2. The van der Waals surface area contributed by atoms with E-state index in [-0.39, 0.29) is 24.7 Å². The fourth-order valence-corrected chi connectivity index (χ4v) is 4.19. The van der Waals surface area contributed by atoms with Gasteiger partial charge < -0.3 is 14.9 Å². The van der Waals surface area contributed by atoms with Crippen molar-refractivity contribution in [1.82, 2.24) is 9.80 Å². The third-order valence-electron chi connectivity index (χ3n) is 4.57. The Balaban J connectivity index is 1.51. The third-order valence-corrected chi connectivity index (χ3v) is 5.59. The van der Waals surface area contributed by atoms with Gasteiger partial charge in [0, 0.05) is 37.4 Å². The normalized spacial score (nSPS) is 20.4. The van der Waals surface area contributed by atoms with Crippen LogP contribution in [0.1, 0.15) is 36.1 Å². The second-order valence-corrected chi connectivity index (χ2v) is 7.02. The summed E-state index contributed by atoms with van der Waals surface area (Å²) < 4.78 is 0. The topological polar surface area (TPSA) is 77.9 Å². The van der Waals surface area contributed by atoms with Gasteiger partial charge in [-0.2, -0.15) is 0 Å². The predicted molar refractivity (Wildman–Crippen MR) is 85.0 cm³/mol. The first-order valence-electron chi connectivity index (χ1n) is 7.91. The van der Waals surface area contributed by atoms with E-state index in [4.69, 9.17) is 5.11 Å². The standard InChI is InChI=1S/C16H20N2O4S/c19-14(17-8-5-13-11(10-17)6-9-23-13)3-4-15(20)18-7-1-2-12(18)16(21)22/h6,9,12H,1-5,7-8,10H2,(H,21,22). The molecule has 7 heteroatoms. The number of nitrogens with zero attached hydrogens (tertiary/aromatic N) is 2. The number of fused-ring (bicyclic) bond motifs is 1. The number of thiophene rings is 1. The van der Waals surface area contributed by atoms with E-state index < -0.39 is 12.0 Å². The largest absolute Gasteiger partial charge is 0.480 e. The zero-order chi connectivity index (χ0) is 16.4. The van der Waals surface area contributed by atoms with Crippen LogP contribution in [0.5, 0.6) is 0 Å². The van der Waals surface area contributed by atoms with E-state index in [1.54, 1.807) is 16.2 Å². The van der Waals surface area contributed by atoms with Gasteiger partial charge in [-0.25, -0.2) is 4.79 Å². The van der Waals surface area contributed by atoms with Gasteiger partial charge in [-0.15, -0.1) is 11.3 Å². The Morgan fingerprint density at radius 1 is 1.22 bits per heavy atom. The highest BCUT2D eigenvalue weighted by Crippen LogP contribution is 2.25. The second-order valence-electron chi connectivity index (χ2n) is 6.02. The van der Waals surface area contributed by atoms with Gasteiger partial charge in [-0.05, 0) is 36.3 Å². The van der Waals surface area contributed by atoms with E-state index >= 15 is 0 Å². The maximum absolute atomic E-state index is 12.3. The molecule has 1 N–H and O–H groups in total. The van der Waals surface area contributed by atoms with Crippen LogP contribution in [-0.4, -0.2) is 51.8 Å². The van der Waals surface area contributed by atoms with Gasteiger partial charge in [0.05, 0.1) is 0 Å². The number of rotatable bonds is 4. The number of hydrogen-bond acceptors (Lipinski definition) is 4. The zero-order valence-corrected chi connectivity index (χ0v) is 13.7. The lowest BCUT2D eigenvalue weighted by molar-refractivity contribution is -0.148. The molecule has 0 aromatic carbocycles. The fourth-order valence-electron chi connectivity index (χ4n) is 3.30. The molecule has 0 spiro atoms. The Morgan fingerprint density at radius 2 is 2.00 bits per heavy atom. The van der Waals surface area contributed by atoms with Crippen LogP contribution in [0.3, 0.4) is 0 Å². The molecule has 0 bridgehead atoms. The SMILES string of the molecule is O=C(O)C1CCCN1C(=O)CCC(=O)N1CCc2sccc2C1. The smallest absolute Gasteiger partial charge is 0.326 e. The molecule has 0 radical (unpaired) electrons. The number of amides is 2. The highest BCUT2D eigenvalue weighted by atomic mass is 32.1. The molecule has 6 nitrogen and oxygen atoms in total. The first kappa shape index (κ1) is 16.0. The number of carboxylic acids is 1. The molecule has 2 aliphatic rings. The summed E-state index contributed by atoms with van der Waals surface area (Å²) in [6.45, 7) is 1.79. The predicted octanol–water partition coefficient (Wildman–Crippen LogP) is 1.49. The van der Waals surface area contributed by atoms with Crippen molar-refractivity contribution in [1.29, 1.82) is 0 Å². The van der Waals surface area contributed by atoms with Gasteiger partial charge >= 0.3 is 5.97 Å². The van der Waals surface area contributed by atoms with Crippen molar-refractivity contribution in [2.45, 2.75) is 44.7 Å². The molecule has 1 aromatic rings. The van der Waals surface area contributed by atoms with E-state index in [0.29, 0.717) is 32.5 Å². The summed E-state index contributed by atoms with van der Waals surface area (Å²) >= 11 is 1.72. The van der Waals surface area contributed by atoms with Gasteiger partial charge in [-0.3, -0.25) is 9.59 Å². The average Bonchev–Trinajstić information content (AvgIpc) is 3.19. The minimum atomic E-state index is -0.955. The van der Waals surface area contributed by atoms with Crippen molar-refractivity contribution in [3.63, 3.8) is 0 Å². The maximum atomic E-state index is 12.3. The van der Waals surface area contributed by atoms with Crippen molar-refractivity contribution in [2.75, 3.05) is 13.1 Å². The first-order valence-corrected chi connectivity index (χ1v) is 8.79. The number of likely N-dealkylation sites (tertiary alicyclic amines) is 1. The molecule has 1 fully saturated rings. The summed E-state index contributed by atoms with van der Waals surface area (Å²) in [6.07, 6.45) is 2.34. The molecular formula is C16H20N2O4S. The molecule has 0 saturated carbocycles. The van der Waals surface area contributed by atoms with Crippen LogP contribution in [0.2, 0.25) is 0 Å². The third kappa shape index (κ3) is 3.39. The molecule has 0 aliphatic carbocycles. The summed E-state index contributed by atoms with van der Waals surface area (Å²) in [4.78, 5) is 40.2. The van der Waals surface area contributed by atoms with E-state index in [0.717, 1.165) is 6.42 Å². The number of carbonyl (C=O) groups is 3. The molecular weight excluding hydrogens is 316 g/mol. The lowest BCUT2D eigenvalue weighted by Gasteiger charge is -2.27. The molecule has 1 unspecified atom stereocenters. The van der Waals surface area contributed by atoms with Gasteiger partial charge in [-0.1, -0.05) is 0 Å². The van der Waals surface area contributed by atoms with Crippen LogP contribution in [0.15, 0.2) is 11.4 Å².